The zero-order chi connectivity index (χ0) is 40.7. The molecular formula is C56H34N4O2. The minimum atomic E-state index is 0.0527. The molecule has 0 spiro atoms. The van der Waals surface area contributed by atoms with E-state index < -0.39 is 0 Å². The summed E-state index contributed by atoms with van der Waals surface area (Å²) in [5.74, 6) is 2.85. The van der Waals surface area contributed by atoms with Crippen molar-refractivity contribution in [3.05, 3.63) is 228 Å². The Morgan fingerprint density at radius 2 is 0.677 bits per heavy atom. The first kappa shape index (κ1) is 34.6. The average Bonchev–Trinajstić information content (AvgIpc) is 3.99. The summed E-state index contributed by atoms with van der Waals surface area (Å²) >= 11 is 0. The second kappa shape index (κ2) is 13.7. The van der Waals surface area contributed by atoms with Crippen molar-refractivity contribution in [2.75, 3.05) is 0 Å². The van der Waals surface area contributed by atoms with E-state index in [1.165, 1.54) is 33.4 Å². The van der Waals surface area contributed by atoms with Crippen LogP contribution in [-0.4, -0.2) is 19.9 Å². The van der Waals surface area contributed by atoms with E-state index in [4.69, 9.17) is 28.8 Å². The second-order valence-electron chi connectivity index (χ2n) is 16.1. The fourth-order valence-electron chi connectivity index (χ4n) is 9.63. The molecule has 0 saturated heterocycles. The minimum Gasteiger partial charge on any atom is -0.454 e. The van der Waals surface area contributed by atoms with Crippen LogP contribution in [0.3, 0.4) is 0 Å². The Morgan fingerprint density at radius 3 is 1.13 bits per heavy atom. The standard InChI is InChI=1S/C56H34N4O2/c1-3-13-33(14-4-1)55-57-45(31-47(59-55)51-29-37-17-7-11-21-49(37)61-51)35-23-25-41-43(27-35)53-39-19-9-10-20-40(39)54(41)44-28-36(24-26-42(44)53)46-32-48(52-30-38-18-8-12-22-50(38)62-52)60-56(58-46)34-15-5-2-6-16-34/h1-32,53-54H. The van der Waals surface area contributed by atoms with E-state index in [9.17, 15) is 0 Å². The van der Waals surface area contributed by atoms with Gasteiger partial charge in [0.2, 0.25) is 0 Å². The highest BCUT2D eigenvalue weighted by atomic mass is 16.3. The molecule has 62 heavy (non-hydrogen) atoms. The molecule has 6 nitrogen and oxygen atoms in total. The highest BCUT2D eigenvalue weighted by molar-refractivity contribution is 5.85. The third-order valence-corrected chi connectivity index (χ3v) is 12.5. The summed E-state index contributed by atoms with van der Waals surface area (Å²) in [6.07, 6.45) is 0. The zero-order valence-electron chi connectivity index (χ0n) is 33.2. The van der Waals surface area contributed by atoms with Gasteiger partial charge in [-0.25, -0.2) is 19.9 Å². The second-order valence-corrected chi connectivity index (χ2v) is 16.1. The first-order valence-electron chi connectivity index (χ1n) is 20.9. The van der Waals surface area contributed by atoms with E-state index in [0.717, 1.165) is 67.0 Å². The Balaban J connectivity index is 0.942. The van der Waals surface area contributed by atoms with Crippen molar-refractivity contribution in [3.8, 4) is 68.2 Å². The van der Waals surface area contributed by atoms with E-state index in [0.29, 0.717) is 23.2 Å². The topological polar surface area (TPSA) is 77.8 Å². The summed E-state index contributed by atoms with van der Waals surface area (Å²) in [4.78, 5) is 20.5. The van der Waals surface area contributed by atoms with Crippen LogP contribution in [-0.2, 0) is 0 Å². The highest BCUT2D eigenvalue weighted by Gasteiger charge is 2.41. The van der Waals surface area contributed by atoms with Crippen LogP contribution in [0.15, 0.2) is 203 Å². The molecule has 14 rings (SSSR count). The summed E-state index contributed by atoms with van der Waals surface area (Å²) < 4.78 is 12.7. The molecule has 2 bridgehead atoms. The average molecular weight is 795 g/mol. The number of rotatable bonds is 6. The van der Waals surface area contributed by atoms with Crippen molar-refractivity contribution in [1.82, 2.24) is 19.9 Å². The molecule has 0 fully saturated rings. The predicted octanol–water partition coefficient (Wildman–Crippen LogP) is 13.7. The number of hydrogen-bond acceptors (Lipinski definition) is 6. The third kappa shape index (κ3) is 5.57. The summed E-state index contributed by atoms with van der Waals surface area (Å²) in [7, 11) is 0. The summed E-state index contributed by atoms with van der Waals surface area (Å²) in [5, 5.41) is 2.08. The number of fused-ring (bicyclic) bond motifs is 2. The zero-order valence-corrected chi connectivity index (χ0v) is 33.2. The fourth-order valence-corrected chi connectivity index (χ4v) is 9.63. The molecule has 4 aromatic heterocycles. The van der Waals surface area contributed by atoms with Gasteiger partial charge in [0.15, 0.2) is 23.2 Å². The van der Waals surface area contributed by atoms with Gasteiger partial charge in [0.05, 0.1) is 11.4 Å². The number of benzene rings is 7. The van der Waals surface area contributed by atoms with Gasteiger partial charge in [-0.1, -0.05) is 146 Å². The first-order valence-corrected chi connectivity index (χ1v) is 20.9. The van der Waals surface area contributed by atoms with Crippen molar-refractivity contribution >= 4 is 21.9 Å². The molecule has 11 aromatic rings. The number of nitrogens with zero attached hydrogens (tertiary/aromatic N) is 4. The maximum absolute atomic E-state index is 6.35. The van der Waals surface area contributed by atoms with E-state index in [-0.39, 0.29) is 11.8 Å². The van der Waals surface area contributed by atoms with Crippen molar-refractivity contribution in [2.45, 2.75) is 11.8 Å². The number of furan rings is 2. The van der Waals surface area contributed by atoms with Gasteiger partial charge in [-0.05, 0) is 81.9 Å². The van der Waals surface area contributed by atoms with Gasteiger partial charge in [0, 0.05) is 44.9 Å². The van der Waals surface area contributed by atoms with Gasteiger partial charge in [0.1, 0.15) is 22.6 Å². The van der Waals surface area contributed by atoms with Crippen LogP contribution in [0.4, 0.5) is 0 Å². The highest BCUT2D eigenvalue weighted by Crippen LogP contribution is 2.56. The molecule has 0 amide bonds. The maximum atomic E-state index is 6.35. The fraction of sp³-hybridized carbons (Fsp3) is 0.0357. The van der Waals surface area contributed by atoms with Gasteiger partial charge in [-0.2, -0.15) is 0 Å². The molecule has 3 aliphatic rings. The molecule has 2 atom stereocenters. The van der Waals surface area contributed by atoms with Crippen LogP contribution < -0.4 is 0 Å². The Bertz CT molecular complexity index is 3250. The Hall–Kier alpha value is -8.22. The minimum absolute atomic E-state index is 0.0527. The molecule has 4 heterocycles. The third-order valence-electron chi connectivity index (χ3n) is 12.5. The Labute approximate surface area is 356 Å². The lowest BCUT2D eigenvalue weighted by Gasteiger charge is -2.42. The lowest BCUT2D eigenvalue weighted by molar-refractivity contribution is 0.628. The molecule has 0 radical (unpaired) electrons. The van der Waals surface area contributed by atoms with E-state index in [2.05, 4.69) is 121 Å². The van der Waals surface area contributed by atoms with E-state index >= 15 is 0 Å². The maximum Gasteiger partial charge on any atom is 0.160 e. The molecule has 0 N–H and O–H groups in total. The molecule has 6 heteroatoms. The molecule has 3 aliphatic carbocycles. The lowest BCUT2D eigenvalue weighted by atomic mass is 9.60. The summed E-state index contributed by atoms with van der Waals surface area (Å²) in [6.45, 7) is 0. The van der Waals surface area contributed by atoms with Crippen molar-refractivity contribution in [1.29, 1.82) is 0 Å². The summed E-state index contributed by atoms with van der Waals surface area (Å²) in [6, 6.07) is 67.5. The molecule has 0 saturated carbocycles. The van der Waals surface area contributed by atoms with Gasteiger partial charge < -0.3 is 8.83 Å². The monoisotopic (exact) mass is 794 g/mol. The Morgan fingerprint density at radius 1 is 0.290 bits per heavy atom. The number of aromatic nitrogens is 4. The SMILES string of the molecule is c1ccc(-c2nc(-c3ccc4c(c3)C3c5ccccc5C4c4cc(-c5cc(-c6cc7ccccc7o6)nc(-c6ccccc6)n5)ccc43)cc(-c3cc4ccccc4o3)n2)cc1. The predicted molar refractivity (Wildman–Crippen MR) is 245 cm³/mol. The van der Waals surface area contributed by atoms with Gasteiger partial charge in [-0.3, -0.25) is 0 Å². The quantitative estimate of drug-likeness (QED) is 0.167. The largest absolute Gasteiger partial charge is 0.454 e. The van der Waals surface area contributed by atoms with Crippen LogP contribution in [0, 0.1) is 0 Å². The molecule has 0 aliphatic heterocycles. The molecule has 2 unspecified atom stereocenters. The van der Waals surface area contributed by atoms with Crippen molar-refractivity contribution < 1.29 is 8.83 Å². The van der Waals surface area contributed by atoms with Crippen LogP contribution in [0.2, 0.25) is 0 Å². The van der Waals surface area contributed by atoms with Crippen LogP contribution in [0.1, 0.15) is 45.2 Å². The van der Waals surface area contributed by atoms with Crippen LogP contribution in [0.25, 0.3) is 90.1 Å². The lowest BCUT2D eigenvalue weighted by Crippen LogP contribution is -2.27. The van der Waals surface area contributed by atoms with E-state index in [1.54, 1.807) is 0 Å². The normalized spacial score (nSPS) is 14.8. The summed E-state index contributed by atoms with van der Waals surface area (Å²) in [5.41, 5.74) is 16.8. The van der Waals surface area contributed by atoms with Crippen LogP contribution in [0.5, 0.6) is 0 Å². The van der Waals surface area contributed by atoms with Gasteiger partial charge in [0.25, 0.3) is 0 Å². The van der Waals surface area contributed by atoms with Crippen molar-refractivity contribution in [2.24, 2.45) is 0 Å². The molecular weight excluding hydrogens is 761 g/mol. The van der Waals surface area contributed by atoms with Crippen molar-refractivity contribution in [3.63, 3.8) is 0 Å². The smallest absolute Gasteiger partial charge is 0.160 e. The van der Waals surface area contributed by atoms with Crippen LogP contribution >= 0.6 is 0 Å². The molecule has 7 aromatic carbocycles. The van der Waals surface area contributed by atoms with Gasteiger partial charge in [-0.15, -0.1) is 0 Å². The van der Waals surface area contributed by atoms with E-state index in [1.807, 2.05) is 72.8 Å². The number of para-hydroxylation sites is 2. The number of hydrogen-bond donors (Lipinski definition) is 0. The first-order chi connectivity index (χ1) is 30.7. The van der Waals surface area contributed by atoms with Gasteiger partial charge >= 0.3 is 0 Å². The Kier molecular flexibility index (Phi) is 7.63. The molecule has 290 valence electrons.